The highest BCUT2D eigenvalue weighted by atomic mass is 16.5. The number of benzene rings is 2. The van der Waals surface area contributed by atoms with E-state index in [4.69, 9.17) is 4.74 Å². The smallest absolute Gasteiger partial charge is 0.267 e. The molecule has 1 amide bonds. The van der Waals surface area contributed by atoms with Crippen LogP contribution in [0.25, 0.3) is 10.9 Å². The summed E-state index contributed by atoms with van der Waals surface area (Å²) in [5, 5.41) is 16.2. The molecule has 0 aliphatic rings. The molecule has 6 heteroatoms. The topological polar surface area (TPSA) is 89.9 Å². The number of anilines is 1. The molecule has 6 nitrogen and oxygen atoms in total. The lowest BCUT2D eigenvalue weighted by atomic mass is 10.1. The second-order valence-corrected chi connectivity index (χ2v) is 6.14. The van der Waals surface area contributed by atoms with Crippen molar-refractivity contribution in [1.82, 2.24) is 10.3 Å². The third kappa shape index (κ3) is 4.71. The number of aromatic nitrogens is 1. The number of amides is 1. The number of nitriles is 1. The van der Waals surface area contributed by atoms with Crippen LogP contribution >= 0.6 is 0 Å². The van der Waals surface area contributed by atoms with Crippen LogP contribution in [0.15, 0.2) is 66.5 Å². The monoisotopic (exact) mass is 374 g/mol. The van der Waals surface area contributed by atoms with Crippen molar-refractivity contribution >= 4 is 22.5 Å². The molecule has 3 N–H and O–H groups in total. The number of aromatic amines is 1. The molecule has 0 radical (unpaired) electrons. The number of nitrogens with one attached hydrogen (secondary N) is 3. The third-order valence-electron chi connectivity index (χ3n) is 4.25. The van der Waals surface area contributed by atoms with Crippen LogP contribution < -0.4 is 15.4 Å². The van der Waals surface area contributed by atoms with Crippen LogP contribution in [0.4, 0.5) is 5.69 Å². The number of carbonyl (C=O) groups excluding carboxylic acids is 1. The molecule has 0 aliphatic carbocycles. The van der Waals surface area contributed by atoms with Gasteiger partial charge in [-0.15, -0.1) is 0 Å². The second-order valence-electron chi connectivity index (χ2n) is 6.14. The summed E-state index contributed by atoms with van der Waals surface area (Å²) in [5.41, 5.74) is 2.91. The van der Waals surface area contributed by atoms with Gasteiger partial charge in [0.05, 0.1) is 6.61 Å². The van der Waals surface area contributed by atoms with E-state index < -0.39 is 5.91 Å². The van der Waals surface area contributed by atoms with Gasteiger partial charge in [0.1, 0.15) is 17.4 Å². The summed E-state index contributed by atoms with van der Waals surface area (Å²) in [4.78, 5) is 15.5. The summed E-state index contributed by atoms with van der Waals surface area (Å²) in [6.07, 6.45) is 4.22. The third-order valence-corrected chi connectivity index (χ3v) is 4.25. The van der Waals surface area contributed by atoms with Gasteiger partial charge in [0.15, 0.2) is 0 Å². The van der Waals surface area contributed by atoms with E-state index in [1.807, 2.05) is 37.4 Å². The van der Waals surface area contributed by atoms with E-state index >= 15 is 0 Å². The highest BCUT2D eigenvalue weighted by Gasteiger charge is 2.09. The van der Waals surface area contributed by atoms with Crippen molar-refractivity contribution in [3.63, 3.8) is 0 Å². The Bertz CT molecular complexity index is 1010. The van der Waals surface area contributed by atoms with Crippen molar-refractivity contribution in [2.75, 3.05) is 18.5 Å². The summed E-state index contributed by atoms with van der Waals surface area (Å²) in [6, 6.07) is 17.1. The molecule has 1 heterocycles. The van der Waals surface area contributed by atoms with Crippen molar-refractivity contribution in [2.24, 2.45) is 0 Å². The number of fused-ring (bicyclic) bond motifs is 1. The van der Waals surface area contributed by atoms with Gasteiger partial charge in [0.25, 0.3) is 5.91 Å². The maximum Gasteiger partial charge on any atom is 0.267 e. The van der Waals surface area contributed by atoms with Gasteiger partial charge < -0.3 is 20.4 Å². The molecule has 1 aromatic heterocycles. The minimum atomic E-state index is -0.453. The van der Waals surface area contributed by atoms with E-state index in [0.717, 1.165) is 17.7 Å². The van der Waals surface area contributed by atoms with Gasteiger partial charge in [-0.05, 0) is 49.2 Å². The fourth-order valence-electron chi connectivity index (χ4n) is 2.87. The summed E-state index contributed by atoms with van der Waals surface area (Å²) in [5.74, 6) is 0.279. The van der Waals surface area contributed by atoms with Crippen LogP contribution in [-0.2, 0) is 11.2 Å². The van der Waals surface area contributed by atoms with Crippen molar-refractivity contribution in [3.8, 4) is 11.8 Å². The maximum atomic E-state index is 12.3. The average Bonchev–Trinajstić information content (AvgIpc) is 3.13. The molecule has 0 atom stereocenters. The van der Waals surface area contributed by atoms with Crippen LogP contribution in [0, 0.1) is 11.3 Å². The first kappa shape index (κ1) is 19.1. The predicted molar refractivity (Wildman–Crippen MR) is 110 cm³/mol. The summed E-state index contributed by atoms with van der Waals surface area (Å²) in [7, 11) is 0. The highest BCUT2D eigenvalue weighted by Crippen LogP contribution is 2.18. The lowest BCUT2D eigenvalue weighted by Gasteiger charge is -2.07. The molecular weight excluding hydrogens is 352 g/mol. The summed E-state index contributed by atoms with van der Waals surface area (Å²) >= 11 is 0. The first-order valence-electron chi connectivity index (χ1n) is 9.14. The van der Waals surface area contributed by atoms with Gasteiger partial charge in [-0.2, -0.15) is 5.26 Å². The number of rotatable bonds is 8. The quantitative estimate of drug-likeness (QED) is 0.318. The number of para-hydroxylation sites is 1. The first-order chi connectivity index (χ1) is 13.7. The van der Waals surface area contributed by atoms with E-state index in [2.05, 4.69) is 21.7 Å². The molecular formula is C22H22N4O2. The minimum absolute atomic E-state index is 0.0211. The van der Waals surface area contributed by atoms with E-state index in [9.17, 15) is 10.1 Å². The summed E-state index contributed by atoms with van der Waals surface area (Å²) < 4.78 is 5.37. The Morgan fingerprint density at radius 3 is 2.75 bits per heavy atom. The zero-order valence-electron chi connectivity index (χ0n) is 15.7. The Hall–Kier alpha value is -3.72. The van der Waals surface area contributed by atoms with E-state index in [0.29, 0.717) is 18.8 Å². The molecule has 0 saturated heterocycles. The van der Waals surface area contributed by atoms with E-state index in [1.54, 1.807) is 24.3 Å². The lowest BCUT2D eigenvalue weighted by Crippen LogP contribution is -2.17. The van der Waals surface area contributed by atoms with Gasteiger partial charge in [0, 0.05) is 35.5 Å². The zero-order chi connectivity index (χ0) is 19.8. The normalized spacial score (nSPS) is 11.1. The van der Waals surface area contributed by atoms with Crippen molar-refractivity contribution in [1.29, 1.82) is 5.26 Å². The number of carbonyl (C=O) groups is 1. The van der Waals surface area contributed by atoms with Gasteiger partial charge in [-0.1, -0.05) is 18.2 Å². The first-order valence-corrected chi connectivity index (χ1v) is 9.14. The van der Waals surface area contributed by atoms with Gasteiger partial charge >= 0.3 is 0 Å². The molecule has 142 valence electrons. The Morgan fingerprint density at radius 1 is 1.21 bits per heavy atom. The van der Waals surface area contributed by atoms with Gasteiger partial charge in [-0.3, -0.25) is 4.79 Å². The molecule has 0 bridgehead atoms. The van der Waals surface area contributed by atoms with Crippen molar-refractivity contribution < 1.29 is 9.53 Å². The predicted octanol–water partition coefficient (Wildman–Crippen LogP) is 3.74. The van der Waals surface area contributed by atoms with Gasteiger partial charge in [-0.25, -0.2) is 0 Å². The number of nitrogens with zero attached hydrogens (tertiary/aromatic N) is 1. The molecule has 2 aromatic carbocycles. The molecule has 0 unspecified atom stereocenters. The fourth-order valence-corrected chi connectivity index (χ4v) is 2.87. The fraction of sp³-hybridized carbons (Fsp3) is 0.182. The van der Waals surface area contributed by atoms with E-state index in [-0.39, 0.29) is 5.57 Å². The van der Waals surface area contributed by atoms with Crippen molar-refractivity contribution in [2.45, 2.75) is 13.3 Å². The Morgan fingerprint density at radius 2 is 2.00 bits per heavy atom. The number of hydrogen-bond acceptors (Lipinski definition) is 4. The molecule has 0 aliphatic heterocycles. The lowest BCUT2D eigenvalue weighted by molar-refractivity contribution is -0.112. The standard InChI is InChI=1S/C22H22N4O2/c1-2-28-19-9-7-18(8-10-19)26-22(27)17(13-23)14-24-12-11-16-15-25-21-6-4-3-5-20(16)21/h3-10,14-15,24-25H,2,11-12H2,1H3,(H,26,27)/b17-14-. The Kier molecular flexibility index (Phi) is 6.32. The second kappa shape index (κ2) is 9.28. The van der Waals surface area contributed by atoms with Crippen molar-refractivity contribution in [3.05, 3.63) is 72.1 Å². The molecule has 3 aromatic rings. The molecule has 28 heavy (non-hydrogen) atoms. The van der Waals surface area contributed by atoms with Crippen LogP contribution in [0.2, 0.25) is 0 Å². The number of H-pyrrole nitrogens is 1. The highest BCUT2D eigenvalue weighted by molar-refractivity contribution is 6.06. The van der Waals surface area contributed by atoms with E-state index in [1.165, 1.54) is 17.1 Å². The Labute approximate surface area is 163 Å². The van der Waals surface area contributed by atoms with Crippen LogP contribution in [0.1, 0.15) is 12.5 Å². The number of ether oxygens (including phenoxy) is 1. The van der Waals surface area contributed by atoms with Gasteiger partial charge in [0.2, 0.25) is 0 Å². The molecule has 0 fully saturated rings. The SMILES string of the molecule is CCOc1ccc(NC(=O)/C(C#N)=C\NCCc2c[nH]c3ccccc23)cc1. The molecule has 0 saturated carbocycles. The molecule has 3 rings (SSSR count). The summed E-state index contributed by atoms with van der Waals surface area (Å²) in [6.45, 7) is 3.10. The van der Waals surface area contributed by atoms with Crippen LogP contribution in [0.3, 0.4) is 0 Å². The zero-order valence-corrected chi connectivity index (χ0v) is 15.7. The largest absolute Gasteiger partial charge is 0.494 e. The maximum absolute atomic E-state index is 12.3. The minimum Gasteiger partial charge on any atom is -0.494 e. The molecule has 0 spiro atoms. The van der Waals surface area contributed by atoms with Crippen LogP contribution in [-0.4, -0.2) is 24.0 Å². The number of hydrogen-bond donors (Lipinski definition) is 3. The van der Waals surface area contributed by atoms with Crippen LogP contribution in [0.5, 0.6) is 5.75 Å². The Balaban J connectivity index is 1.54. The average molecular weight is 374 g/mol.